The first-order valence-electron chi connectivity index (χ1n) is 7.22. The fraction of sp³-hybridized carbons (Fsp3) is 0.500. The van der Waals surface area contributed by atoms with Gasteiger partial charge in [-0.05, 0) is 37.5 Å². The lowest BCUT2D eigenvalue weighted by molar-refractivity contribution is 0.116. The summed E-state index contributed by atoms with van der Waals surface area (Å²) in [5.41, 5.74) is 2.08. The Bertz CT molecular complexity index is 565. The average molecular weight is 287 g/mol. The van der Waals surface area contributed by atoms with Crippen molar-refractivity contribution in [2.75, 3.05) is 18.9 Å². The van der Waals surface area contributed by atoms with Gasteiger partial charge in [0.25, 0.3) is 0 Å². The summed E-state index contributed by atoms with van der Waals surface area (Å²) in [7, 11) is 1.73. The Kier molecular flexibility index (Phi) is 4.81. The normalized spacial score (nSPS) is 20.9. The first kappa shape index (κ1) is 15.3. The van der Waals surface area contributed by atoms with Gasteiger partial charge < -0.3 is 15.3 Å². The van der Waals surface area contributed by atoms with E-state index in [4.69, 9.17) is 5.26 Å². The first-order chi connectivity index (χ1) is 10.0. The number of amides is 2. The molecule has 0 heterocycles. The summed E-state index contributed by atoms with van der Waals surface area (Å²) < 4.78 is 0. The van der Waals surface area contributed by atoms with Crippen molar-refractivity contribution < 1.29 is 9.90 Å². The molecule has 0 bridgehead atoms. The van der Waals surface area contributed by atoms with Crippen molar-refractivity contribution in [1.29, 1.82) is 5.26 Å². The second kappa shape index (κ2) is 6.59. The maximum Gasteiger partial charge on any atom is 0.321 e. The number of carbonyl (C=O) groups excluding carboxylic acids is 1. The molecule has 5 heteroatoms. The van der Waals surface area contributed by atoms with Crippen molar-refractivity contribution in [3.63, 3.8) is 0 Å². The Morgan fingerprint density at radius 2 is 2.29 bits per heavy atom. The molecular weight excluding hydrogens is 266 g/mol. The van der Waals surface area contributed by atoms with Crippen LogP contribution in [0.4, 0.5) is 10.5 Å². The summed E-state index contributed by atoms with van der Waals surface area (Å²) in [5, 5.41) is 21.6. The van der Waals surface area contributed by atoms with Crippen molar-refractivity contribution >= 4 is 11.7 Å². The van der Waals surface area contributed by atoms with Gasteiger partial charge in [-0.25, -0.2) is 4.79 Å². The van der Waals surface area contributed by atoms with Crippen LogP contribution in [0.2, 0.25) is 0 Å². The molecule has 1 aliphatic rings. The van der Waals surface area contributed by atoms with E-state index >= 15 is 0 Å². The molecule has 0 aromatic heterocycles. The van der Waals surface area contributed by atoms with E-state index in [9.17, 15) is 9.90 Å². The number of aliphatic hydroxyl groups excluding tert-OH is 1. The van der Waals surface area contributed by atoms with Crippen molar-refractivity contribution in [3.05, 3.63) is 29.3 Å². The molecule has 0 saturated heterocycles. The number of nitrogens with one attached hydrogen (secondary N) is 1. The zero-order valence-corrected chi connectivity index (χ0v) is 12.5. The van der Waals surface area contributed by atoms with Gasteiger partial charge in [0.05, 0.1) is 17.7 Å². The van der Waals surface area contributed by atoms with E-state index in [1.165, 1.54) is 0 Å². The maximum atomic E-state index is 12.2. The number of nitriles is 1. The van der Waals surface area contributed by atoms with Crippen molar-refractivity contribution in [2.45, 2.75) is 32.3 Å². The summed E-state index contributed by atoms with van der Waals surface area (Å²) in [4.78, 5) is 13.8. The summed E-state index contributed by atoms with van der Waals surface area (Å²) in [6.07, 6.45) is 2.50. The summed E-state index contributed by atoms with van der Waals surface area (Å²) in [5.74, 6) is 0.160. The van der Waals surface area contributed by atoms with Crippen LogP contribution in [0.1, 0.15) is 30.4 Å². The van der Waals surface area contributed by atoms with Gasteiger partial charge >= 0.3 is 6.03 Å². The Morgan fingerprint density at radius 1 is 1.52 bits per heavy atom. The maximum absolute atomic E-state index is 12.2. The van der Waals surface area contributed by atoms with Crippen LogP contribution in [-0.4, -0.2) is 35.7 Å². The highest BCUT2D eigenvalue weighted by Crippen LogP contribution is 2.26. The van der Waals surface area contributed by atoms with Crippen LogP contribution in [0.25, 0.3) is 0 Å². The minimum atomic E-state index is -0.302. The SMILES string of the molecule is Cc1ccc(C#N)cc1NC(=O)N(C)CC1CCCC1O. The molecule has 0 spiro atoms. The molecule has 1 saturated carbocycles. The van der Waals surface area contributed by atoms with E-state index in [2.05, 4.69) is 11.4 Å². The number of aliphatic hydroxyl groups is 1. The molecule has 2 rings (SSSR count). The van der Waals surface area contributed by atoms with Crippen molar-refractivity contribution in [2.24, 2.45) is 5.92 Å². The first-order valence-corrected chi connectivity index (χ1v) is 7.22. The summed E-state index contributed by atoms with van der Waals surface area (Å²) in [6, 6.07) is 7.06. The smallest absolute Gasteiger partial charge is 0.321 e. The highest BCUT2D eigenvalue weighted by molar-refractivity contribution is 5.90. The third-order valence-electron chi connectivity index (χ3n) is 4.08. The Balaban J connectivity index is 1.99. The van der Waals surface area contributed by atoms with Crippen molar-refractivity contribution in [1.82, 2.24) is 4.90 Å². The monoisotopic (exact) mass is 287 g/mol. The largest absolute Gasteiger partial charge is 0.393 e. The Hall–Kier alpha value is -2.06. The minimum Gasteiger partial charge on any atom is -0.393 e. The van der Waals surface area contributed by atoms with Gasteiger partial charge in [-0.2, -0.15) is 5.26 Å². The van der Waals surface area contributed by atoms with Crippen LogP contribution in [0.3, 0.4) is 0 Å². The molecule has 21 heavy (non-hydrogen) atoms. The molecule has 0 radical (unpaired) electrons. The standard InChI is InChI=1S/C16H21N3O2/c1-11-6-7-12(9-17)8-14(11)18-16(21)19(2)10-13-4-3-5-15(13)20/h6-8,13,15,20H,3-5,10H2,1-2H3,(H,18,21). The average Bonchev–Trinajstić information content (AvgIpc) is 2.86. The number of carbonyl (C=O) groups is 1. The molecule has 1 aromatic carbocycles. The fourth-order valence-electron chi connectivity index (χ4n) is 2.70. The molecule has 2 N–H and O–H groups in total. The van der Waals surface area contributed by atoms with Gasteiger partial charge in [-0.1, -0.05) is 12.5 Å². The van der Waals surface area contributed by atoms with Crippen molar-refractivity contribution in [3.8, 4) is 6.07 Å². The predicted octanol–water partition coefficient (Wildman–Crippen LogP) is 2.49. The van der Waals surface area contributed by atoms with E-state index in [1.54, 1.807) is 24.1 Å². The molecule has 5 nitrogen and oxygen atoms in total. The van der Waals surface area contributed by atoms with E-state index in [1.807, 2.05) is 13.0 Å². The topological polar surface area (TPSA) is 76.4 Å². The Labute approximate surface area is 125 Å². The molecule has 1 aliphatic carbocycles. The summed E-state index contributed by atoms with van der Waals surface area (Å²) >= 11 is 0. The summed E-state index contributed by atoms with van der Waals surface area (Å²) in [6.45, 7) is 2.43. The van der Waals surface area contributed by atoms with Gasteiger partial charge in [0, 0.05) is 25.2 Å². The van der Waals surface area contributed by atoms with Crippen LogP contribution in [0, 0.1) is 24.2 Å². The zero-order chi connectivity index (χ0) is 15.4. The third-order valence-corrected chi connectivity index (χ3v) is 4.08. The van der Waals surface area contributed by atoms with Gasteiger partial charge in [0.2, 0.25) is 0 Å². The fourth-order valence-corrected chi connectivity index (χ4v) is 2.70. The van der Waals surface area contributed by atoms with Crippen LogP contribution < -0.4 is 5.32 Å². The van der Waals surface area contributed by atoms with E-state index < -0.39 is 0 Å². The number of aryl methyl sites for hydroxylation is 1. The number of anilines is 1. The van der Waals surface area contributed by atoms with E-state index in [0.29, 0.717) is 17.8 Å². The van der Waals surface area contributed by atoms with Gasteiger partial charge in [0.1, 0.15) is 0 Å². The highest BCUT2D eigenvalue weighted by atomic mass is 16.3. The molecule has 2 atom stereocenters. The van der Waals surface area contributed by atoms with E-state index in [-0.39, 0.29) is 18.1 Å². The number of urea groups is 1. The number of hydrogen-bond donors (Lipinski definition) is 2. The molecule has 0 aliphatic heterocycles. The quantitative estimate of drug-likeness (QED) is 0.896. The molecular formula is C16H21N3O2. The number of rotatable bonds is 3. The second-order valence-electron chi connectivity index (χ2n) is 5.71. The zero-order valence-electron chi connectivity index (χ0n) is 12.5. The lowest BCUT2D eigenvalue weighted by Gasteiger charge is -2.24. The predicted molar refractivity (Wildman–Crippen MR) is 80.9 cm³/mol. The van der Waals surface area contributed by atoms with Gasteiger partial charge in [-0.3, -0.25) is 0 Å². The number of benzene rings is 1. The van der Waals surface area contributed by atoms with Gasteiger partial charge in [0.15, 0.2) is 0 Å². The van der Waals surface area contributed by atoms with Gasteiger partial charge in [-0.15, -0.1) is 0 Å². The second-order valence-corrected chi connectivity index (χ2v) is 5.71. The molecule has 1 aromatic rings. The van der Waals surface area contributed by atoms with E-state index in [0.717, 1.165) is 24.8 Å². The minimum absolute atomic E-state index is 0.160. The third kappa shape index (κ3) is 3.73. The highest BCUT2D eigenvalue weighted by Gasteiger charge is 2.27. The molecule has 1 fully saturated rings. The molecule has 2 amide bonds. The lowest BCUT2D eigenvalue weighted by atomic mass is 10.1. The molecule has 2 unspecified atom stereocenters. The molecule has 112 valence electrons. The lowest BCUT2D eigenvalue weighted by Crippen LogP contribution is -2.37. The van der Waals surface area contributed by atoms with Crippen LogP contribution in [-0.2, 0) is 0 Å². The van der Waals surface area contributed by atoms with Crippen LogP contribution >= 0.6 is 0 Å². The number of nitrogens with zero attached hydrogens (tertiary/aromatic N) is 2. The number of hydrogen-bond acceptors (Lipinski definition) is 3. The van der Waals surface area contributed by atoms with Crippen LogP contribution in [0.5, 0.6) is 0 Å². The van der Waals surface area contributed by atoms with Crippen LogP contribution in [0.15, 0.2) is 18.2 Å². The Morgan fingerprint density at radius 3 is 2.90 bits per heavy atom.